The molecule has 0 radical (unpaired) electrons. The maximum Gasteiger partial charge on any atom is 0.181 e. The van der Waals surface area contributed by atoms with Gasteiger partial charge < -0.3 is 17.2 Å². The molecule has 6 heteroatoms. The van der Waals surface area contributed by atoms with E-state index in [0.717, 1.165) is 11.1 Å². The van der Waals surface area contributed by atoms with Gasteiger partial charge in [-0.25, -0.2) is 4.99 Å². The van der Waals surface area contributed by atoms with E-state index in [4.69, 9.17) is 17.2 Å². The Morgan fingerprint density at radius 1 is 0.769 bits per heavy atom. The zero-order valence-corrected chi connectivity index (χ0v) is 14.1. The number of anilines is 3. The van der Waals surface area contributed by atoms with Crippen LogP contribution in [0.4, 0.5) is 17.1 Å². The van der Waals surface area contributed by atoms with Crippen LogP contribution in [0.15, 0.2) is 89.0 Å². The predicted octanol–water partition coefficient (Wildman–Crippen LogP) is 3.03. The molecule has 0 spiro atoms. The molecule has 0 aliphatic rings. The SMILES string of the molecule is NC(=NC(=NNc1ccc(N)cc1N)c1ccccc1)c1ccccc1. The number of nitrogen functional groups attached to an aromatic ring is 2. The Hall–Kier alpha value is -3.80. The van der Waals surface area contributed by atoms with Crippen LogP contribution in [0.2, 0.25) is 0 Å². The first kappa shape index (κ1) is 17.0. The molecule has 3 aromatic rings. The molecule has 130 valence electrons. The third-order valence-electron chi connectivity index (χ3n) is 3.69. The van der Waals surface area contributed by atoms with Crippen LogP contribution in [-0.2, 0) is 0 Å². The molecule has 3 aromatic carbocycles. The topological polar surface area (TPSA) is 115 Å². The first-order chi connectivity index (χ1) is 12.6. The van der Waals surface area contributed by atoms with E-state index in [1.54, 1.807) is 18.2 Å². The Morgan fingerprint density at radius 3 is 2.00 bits per heavy atom. The van der Waals surface area contributed by atoms with Gasteiger partial charge in [-0.1, -0.05) is 60.7 Å². The summed E-state index contributed by atoms with van der Waals surface area (Å²) in [5.41, 5.74) is 24.2. The van der Waals surface area contributed by atoms with Gasteiger partial charge in [0.05, 0.1) is 11.4 Å². The molecule has 0 aromatic heterocycles. The van der Waals surface area contributed by atoms with Gasteiger partial charge in [0, 0.05) is 16.8 Å². The van der Waals surface area contributed by atoms with Crippen molar-refractivity contribution in [1.29, 1.82) is 0 Å². The summed E-state index contributed by atoms with van der Waals surface area (Å²) in [5.74, 6) is 0.823. The molecule has 0 heterocycles. The van der Waals surface area contributed by atoms with Gasteiger partial charge in [-0.2, -0.15) is 5.10 Å². The largest absolute Gasteiger partial charge is 0.399 e. The molecular formula is C20H20N6. The lowest BCUT2D eigenvalue weighted by Gasteiger charge is -2.08. The van der Waals surface area contributed by atoms with Crippen molar-refractivity contribution in [3.8, 4) is 0 Å². The van der Waals surface area contributed by atoms with Gasteiger partial charge in [-0.15, -0.1) is 0 Å². The van der Waals surface area contributed by atoms with Crippen LogP contribution < -0.4 is 22.6 Å². The average molecular weight is 344 g/mol. The van der Waals surface area contributed by atoms with Crippen LogP contribution in [0, 0.1) is 0 Å². The van der Waals surface area contributed by atoms with Crippen molar-refractivity contribution < 1.29 is 0 Å². The highest BCUT2D eigenvalue weighted by molar-refractivity contribution is 6.11. The van der Waals surface area contributed by atoms with Crippen LogP contribution in [0.5, 0.6) is 0 Å². The van der Waals surface area contributed by atoms with Gasteiger partial charge in [0.1, 0.15) is 5.84 Å². The Morgan fingerprint density at radius 2 is 1.38 bits per heavy atom. The number of amidine groups is 2. The summed E-state index contributed by atoms with van der Waals surface area (Å²) in [6.07, 6.45) is 0. The summed E-state index contributed by atoms with van der Waals surface area (Å²) in [6.45, 7) is 0. The summed E-state index contributed by atoms with van der Waals surface area (Å²) < 4.78 is 0. The molecule has 6 nitrogen and oxygen atoms in total. The Kier molecular flexibility index (Phi) is 5.14. The monoisotopic (exact) mass is 344 g/mol. The lowest BCUT2D eigenvalue weighted by atomic mass is 10.2. The first-order valence-electron chi connectivity index (χ1n) is 8.07. The molecule has 0 amide bonds. The maximum absolute atomic E-state index is 6.15. The van der Waals surface area contributed by atoms with Crippen molar-refractivity contribution in [2.45, 2.75) is 0 Å². The van der Waals surface area contributed by atoms with E-state index in [1.165, 1.54) is 0 Å². The van der Waals surface area contributed by atoms with E-state index in [0.29, 0.717) is 28.7 Å². The fourth-order valence-electron chi connectivity index (χ4n) is 2.33. The van der Waals surface area contributed by atoms with Crippen LogP contribution in [0.1, 0.15) is 11.1 Å². The number of benzene rings is 3. The number of hydrogen-bond acceptors (Lipinski definition) is 4. The van der Waals surface area contributed by atoms with Crippen molar-refractivity contribution >= 4 is 28.7 Å². The fraction of sp³-hybridized carbons (Fsp3) is 0. The second-order valence-electron chi connectivity index (χ2n) is 5.62. The van der Waals surface area contributed by atoms with Crippen molar-refractivity contribution in [3.05, 3.63) is 90.0 Å². The quantitative estimate of drug-likeness (QED) is 0.252. The zero-order chi connectivity index (χ0) is 18.4. The highest BCUT2D eigenvalue weighted by atomic mass is 15.3. The van der Waals surface area contributed by atoms with E-state index in [9.17, 15) is 0 Å². The second kappa shape index (κ2) is 7.85. The number of aliphatic imine (C=N–C) groups is 1. The van der Waals surface area contributed by atoms with Gasteiger partial charge in [-0.05, 0) is 18.2 Å². The van der Waals surface area contributed by atoms with Crippen LogP contribution >= 0.6 is 0 Å². The molecule has 0 bridgehead atoms. The van der Waals surface area contributed by atoms with Gasteiger partial charge in [0.15, 0.2) is 5.84 Å². The minimum Gasteiger partial charge on any atom is -0.399 e. The van der Waals surface area contributed by atoms with Gasteiger partial charge >= 0.3 is 0 Å². The highest BCUT2D eigenvalue weighted by Crippen LogP contribution is 2.21. The molecule has 0 aliphatic heterocycles. The van der Waals surface area contributed by atoms with Gasteiger partial charge in [0.2, 0.25) is 0 Å². The minimum absolute atomic E-state index is 0.375. The summed E-state index contributed by atoms with van der Waals surface area (Å²) in [4.78, 5) is 4.50. The van der Waals surface area contributed by atoms with E-state index in [-0.39, 0.29) is 0 Å². The second-order valence-corrected chi connectivity index (χ2v) is 5.62. The molecule has 0 saturated carbocycles. The third-order valence-corrected chi connectivity index (χ3v) is 3.69. The molecule has 0 fully saturated rings. The number of hydrogen-bond donors (Lipinski definition) is 4. The average Bonchev–Trinajstić information content (AvgIpc) is 2.67. The standard InChI is InChI=1S/C20H20N6/c21-16-11-12-18(17(22)13-16)25-26-20(15-9-5-2-6-10-15)24-19(23)14-7-3-1-4-8-14/h1-13,25H,21-22H2,(H2,23,24,26). The fourth-order valence-corrected chi connectivity index (χ4v) is 2.33. The molecule has 0 aliphatic carbocycles. The van der Waals surface area contributed by atoms with Crippen molar-refractivity contribution in [2.75, 3.05) is 16.9 Å². The van der Waals surface area contributed by atoms with Crippen molar-refractivity contribution in [3.63, 3.8) is 0 Å². The molecule has 0 saturated heterocycles. The van der Waals surface area contributed by atoms with E-state index >= 15 is 0 Å². The molecule has 26 heavy (non-hydrogen) atoms. The first-order valence-corrected chi connectivity index (χ1v) is 8.07. The summed E-state index contributed by atoms with van der Waals surface area (Å²) >= 11 is 0. The van der Waals surface area contributed by atoms with Crippen molar-refractivity contribution in [2.24, 2.45) is 15.8 Å². The minimum atomic E-state index is 0.375. The van der Waals surface area contributed by atoms with E-state index in [2.05, 4.69) is 15.5 Å². The summed E-state index contributed by atoms with van der Waals surface area (Å²) in [7, 11) is 0. The van der Waals surface area contributed by atoms with E-state index in [1.807, 2.05) is 60.7 Å². The Bertz CT molecular complexity index is 933. The normalized spacial score (nSPS) is 12.0. The molecule has 7 N–H and O–H groups in total. The lowest BCUT2D eigenvalue weighted by molar-refractivity contribution is 1.30. The molecule has 0 atom stereocenters. The van der Waals surface area contributed by atoms with Gasteiger partial charge in [-0.3, -0.25) is 5.43 Å². The third kappa shape index (κ3) is 4.18. The zero-order valence-electron chi connectivity index (χ0n) is 14.1. The Labute approximate surface area is 152 Å². The van der Waals surface area contributed by atoms with Crippen LogP contribution in [-0.4, -0.2) is 11.7 Å². The summed E-state index contributed by atoms with van der Waals surface area (Å²) in [6, 6.07) is 24.3. The molecular weight excluding hydrogens is 324 g/mol. The lowest BCUT2D eigenvalue weighted by Crippen LogP contribution is -2.16. The maximum atomic E-state index is 6.15. The van der Waals surface area contributed by atoms with Gasteiger partial charge in [0.25, 0.3) is 0 Å². The number of nitrogens with zero attached hydrogens (tertiary/aromatic N) is 2. The highest BCUT2D eigenvalue weighted by Gasteiger charge is 2.06. The van der Waals surface area contributed by atoms with Crippen molar-refractivity contribution in [1.82, 2.24) is 0 Å². The smallest absolute Gasteiger partial charge is 0.181 e. The number of nitrogens with one attached hydrogen (secondary N) is 1. The molecule has 0 unspecified atom stereocenters. The molecule has 3 rings (SSSR count). The van der Waals surface area contributed by atoms with E-state index < -0.39 is 0 Å². The Balaban J connectivity index is 1.96. The number of rotatable bonds is 4. The number of nitrogens with two attached hydrogens (primary N) is 3. The summed E-state index contributed by atoms with van der Waals surface area (Å²) in [5, 5.41) is 4.40. The predicted molar refractivity (Wildman–Crippen MR) is 109 cm³/mol. The van der Waals surface area contributed by atoms with Crippen LogP contribution in [0.3, 0.4) is 0 Å². The van der Waals surface area contributed by atoms with Crippen LogP contribution in [0.25, 0.3) is 0 Å². The number of hydrazone groups is 1.